The van der Waals surface area contributed by atoms with Crippen molar-refractivity contribution in [2.45, 2.75) is 12.8 Å². The smallest absolute Gasteiger partial charge is 0.0319 e. The lowest BCUT2D eigenvalue weighted by atomic mass is 9.90. The molecular formula is C18H16. The largest absolute Gasteiger partial charge is 0.0842 e. The van der Waals surface area contributed by atoms with Gasteiger partial charge in [0.25, 0.3) is 0 Å². The van der Waals surface area contributed by atoms with Crippen molar-refractivity contribution in [1.29, 1.82) is 0 Å². The average Bonchev–Trinajstić information content (AvgIpc) is 2.48. The van der Waals surface area contributed by atoms with Crippen molar-refractivity contribution in [2.24, 2.45) is 0 Å². The summed E-state index contributed by atoms with van der Waals surface area (Å²) in [6.45, 7) is 0. The predicted octanol–water partition coefficient (Wildman–Crippen LogP) is 5.09. The van der Waals surface area contributed by atoms with Crippen LogP contribution in [0.3, 0.4) is 0 Å². The molecule has 0 atom stereocenters. The molecular weight excluding hydrogens is 216 g/mol. The third kappa shape index (κ3) is 2.14. The Morgan fingerprint density at radius 3 is 2.33 bits per heavy atom. The summed E-state index contributed by atoms with van der Waals surface area (Å²) in [7, 11) is 0. The van der Waals surface area contributed by atoms with E-state index in [2.05, 4.69) is 18.2 Å². The van der Waals surface area contributed by atoms with Crippen molar-refractivity contribution in [2.75, 3.05) is 0 Å². The van der Waals surface area contributed by atoms with Gasteiger partial charge in [0.15, 0.2) is 0 Å². The fourth-order valence-electron chi connectivity index (χ4n) is 2.23. The number of hydrogen-bond acceptors (Lipinski definition) is 0. The van der Waals surface area contributed by atoms with Gasteiger partial charge in [0.1, 0.15) is 0 Å². The van der Waals surface area contributed by atoms with E-state index in [1.165, 1.54) is 0 Å². The van der Waals surface area contributed by atoms with Gasteiger partial charge in [0, 0.05) is 2.74 Å². The van der Waals surface area contributed by atoms with Crippen LogP contribution in [0.25, 0.3) is 16.7 Å². The van der Waals surface area contributed by atoms with Crippen molar-refractivity contribution < 1.29 is 2.74 Å². The average molecular weight is 234 g/mol. The first kappa shape index (κ1) is 8.93. The van der Waals surface area contributed by atoms with Gasteiger partial charge in [-0.25, -0.2) is 0 Å². The first-order valence-electron chi connectivity index (χ1n) is 7.21. The van der Waals surface area contributed by atoms with Crippen LogP contribution in [0.4, 0.5) is 0 Å². The Bertz CT molecular complexity index is 667. The van der Waals surface area contributed by atoms with Crippen LogP contribution in [0.15, 0.2) is 72.8 Å². The lowest BCUT2D eigenvalue weighted by Gasteiger charge is -2.14. The van der Waals surface area contributed by atoms with Gasteiger partial charge < -0.3 is 0 Å². The highest BCUT2D eigenvalue weighted by atomic mass is 14.1. The quantitative estimate of drug-likeness (QED) is 0.679. The highest BCUT2D eigenvalue weighted by Gasteiger charge is 2.09. The molecule has 3 rings (SSSR count). The van der Waals surface area contributed by atoms with Crippen LogP contribution in [-0.4, -0.2) is 0 Å². The van der Waals surface area contributed by atoms with Crippen molar-refractivity contribution >= 4 is 5.57 Å². The van der Waals surface area contributed by atoms with Crippen molar-refractivity contribution in [3.05, 3.63) is 78.4 Å². The SMILES string of the molecule is [2H]C1([2H])CC=CC=C1c1ccccc1-c1ccccc1. The van der Waals surface area contributed by atoms with Crippen LogP contribution in [0.1, 0.15) is 21.1 Å². The summed E-state index contributed by atoms with van der Waals surface area (Å²) >= 11 is 0. The van der Waals surface area contributed by atoms with Crippen LogP contribution >= 0.6 is 0 Å². The van der Waals surface area contributed by atoms with Gasteiger partial charge in [-0.05, 0) is 35.1 Å². The number of hydrogen-bond donors (Lipinski definition) is 0. The number of rotatable bonds is 2. The predicted molar refractivity (Wildman–Crippen MR) is 78.2 cm³/mol. The molecule has 0 heteroatoms. The summed E-state index contributed by atoms with van der Waals surface area (Å²) in [4.78, 5) is 0. The van der Waals surface area contributed by atoms with Crippen LogP contribution in [-0.2, 0) is 0 Å². The maximum atomic E-state index is 8.23. The van der Waals surface area contributed by atoms with Gasteiger partial charge in [0.05, 0.1) is 0 Å². The van der Waals surface area contributed by atoms with Gasteiger partial charge in [-0.15, -0.1) is 0 Å². The molecule has 0 radical (unpaired) electrons. The molecule has 0 heterocycles. The van der Waals surface area contributed by atoms with E-state index in [1.54, 1.807) is 0 Å². The van der Waals surface area contributed by atoms with E-state index >= 15 is 0 Å². The maximum Gasteiger partial charge on any atom is 0.0319 e. The van der Waals surface area contributed by atoms with Crippen LogP contribution in [0, 0.1) is 0 Å². The zero-order chi connectivity index (χ0) is 14.0. The highest BCUT2D eigenvalue weighted by Crippen LogP contribution is 2.32. The van der Waals surface area contributed by atoms with E-state index < -0.39 is 6.37 Å². The fourth-order valence-corrected chi connectivity index (χ4v) is 2.23. The molecule has 2 aromatic carbocycles. The van der Waals surface area contributed by atoms with E-state index in [4.69, 9.17) is 2.74 Å². The van der Waals surface area contributed by atoms with Gasteiger partial charge in [-0.2, -0.15) is 0 Å². The Kier molecular flexibility index (Phi) is 2.51. The molecule has 88 valence electrons. The molecule has 0 aromatic heterocycles. The zero-order valence-electron chi connectivity index (χ0n) is 12.1. The van der Waals surface area contributed by atoms with Crippen LogP contribution in [0.2, 0.25) is 0 Å². The van der Waals surface area contributed by atoms with Crippen molar-refractivity contribution in [3.8, 4) is 11.1 Å². The van der Waals surface area contributed by atoms with Gasteiger partial charge in [-0.1, -0.05) is 72.8 Å². The second-order valence-corrected chi connectivity index (χ2v) is 4.30. The molecule has 0 bridgehead atoms. The van der Waals surface area contributed by atoms with Crippen LogP contribution in [0.5, 0.6) is 0 Å². The molecule has 1 aliphatic rings. The molecule has 1 aliphatic carbocycles. The summed E-state index contributed by atoms with van der Waals surface area (Å²) in [6, 6.07) is 18.2. The Hall–Kier alpha value is -2.08. The van der Waals surface area contributed by atoms with E-state index in [-0.39, 0.29) is 0 Å². The minimum absolute atomic E-state index is 0.432. The highest BCUT2D eigenvalue weighted by molar-refractivity contribution is 5.82. The van der Waals surface area contributed by atoms with Gasteiger partial charge in [0.2, 0.25) is 0 Å². The molecule has 0 fully saturated rings. The normalized spacial score (nSPS) is 18.8. The summed E-state index contributed by atoms with van der Waals surface area (Å²) in [5.74, 6) is 0. The molecule has 0 nitrogen and oxygen atoms in total. The molecule has 18 heavy (non-hydrogen) atoms. The van der Waals surface area contributed by atoms with Gasteiger partial charge >= 0.3 is 0 Å². The van der Waals surface area contributed by atoms with Gasteiger partial charge in [-0.3, -0.25) is 0 Å². The topological polar surface area (TPSA) is 0 Å². The lowest BCUT2D eigenvalue weighted by molar-refractivity contribution is 1.05. The molecule has 0 spiro atoms. The molecule has 0 saturated carbocycles. The molecule has 0 N–H and O–H groups in total. The third-order valence-corrected chi connectivity index (χ3v) is 3.11. The minimum atomic E-state index is -1.31. The van der Waals surface area contributed by atoms with Crippen molar-refractivity contribution in [3.63, 3.8) is 0 Å². The second kappa shape index (κ2) is 5.05. The van der Waals surface area contributed by atoms with E-state index in [9.17, 15) is 0 Å². The molecule has 0 amide bonds. The van der Waals surface area contributed by atoms with E-state index in [0.29, 0.717) is 6.42 Å². The summed E-state index contributed by atoms with van der Waals surface area (Å²) in [5, 5.41) is 0. The number of benzene rings is 2. The first-order chi connectivity index (χ1) is 9.68. The summed E-state index contributed by atoms with van der Waals surface area (Å²) in [5.41, 5.74) is 3.94. The van der Waals surface area contributed by atoms with Crippen LogP contribution < -0.4 is 0 Å². The maximum absolute atomic E-state index is 8.23. The van der Waals surface area contributed by atoms with Crippen molar-refractivity contribution in [1.82, 2.24) is 0 Å². The second-order valence-electron chi connectivity index (χ2n) is 4.30. The minimum Gasteiger partial charge on any atom is -0.0842 e. The third-order valence-electron chi connectivity index (χ3n) is 3.11. The van der Waals surface area contributed by atoms with E-state index in [0.717, 1.165) is 22.3 Å². The molecule has 0 saturated heterocycles. The number of allylic oxidation sites excluding steroid dienone is 4. The Morgan fingerprint density at radius 1 is 0.833 bits per heavy atom. The van der Waals surface area contributed by atoms with E-state index in [1.807, 2.05) is 54.6 Å². The lowest BCUT2D eigenvalue weighted by Crippen LogP contribution is -1.91. The molecule has 0 aliphatic heterocycles. The Morgan fingerprint density at radius 2 is 1.56 bits per heavy atom. The zero-order valence-corrected chi connectivity index (χ0v) is 10.1. The summed E-state index contributed by atoms with van der Waals surface area (Å²) < 4.78 is 16.5. The fraction of sp³-hybridized carbons (Fsp3) is 0.111. The molecule has 0 unspecified atom stereocenters. The Balaban J connectivity index is 2.16. The monoisotopic (exact) mass is 234 g/mol. The Labute approximate surface area is 111 Å². The summed E-state index contributed by atoms with van der Waals surface area (Å²) in [6.07, 6.45) is 4.85. The standard InChI is InChI=1S/C18H16/c1-3-9-15(10-4-1)17-13-7-8-14-18(17)16-11-5-2-6-12-16/h1-5,7-11,13-14H,6,12H2/i12D2. The first-order valence-corrected chi connectivity index (χ1v) is 6.21. The molecule has 2 aromatic rings.